The van der Waals surface area contributed by atoms with E-state index in [0.29, 0.717) is 5.82 Å². The minimum atomic E-state index is 0.713. The Kier molecular flexibility index (Phi) is 2.38. The first kappa shape index (κ1) is 9.28. The van der Waals surface area contributed by atoms with E-state index in [2.05, 4.69) is 26.7 Å². The van der Waals surface area contributed by atoms with Crippen LogP contribution in [0.5, 0.6) is 0 Å². The predicted molar refractivity (Wildman–Crippen MR) is 61.1 cm³/mol. The topological polar surface area (TPSA) is 49.3 Å². The lowest BCUT2D eigenvalue weighted by atomic mass is 10.2. The number of nitrogens with one attached hydrogen (secondary N) is 2. The van der Waals surface area contributed by atoms with Gasteiger partial charge in [0.15, 0.2) is 0 Å². The van der Waals surface area contributed by atoms with Gasteiger partial charge in [0.25, 0.3) is 0 Å². The maximum Gasteiger partial charge on any atom is 0.145 e. The van der Waals surface area contributed by atoms with Gasteiger partial charge in [0.2, 0.25) is 0 Å². The van der Waals surface area contributed by atoms with Crippen LogP contribution in [0, 0.1) is 12.3 Å². The Morgan fingerprint density at radius 1 is 1.33 bits per heavy atom. The van der Waals surface area contributed by atoms with Crippen LogP contribution in [0.15, 0.2) is 23.3 Å². The number of amidine groups is 1. The Balaban J connectivity index is 2.49. The monoisotopic (exact) mass is 198 g/mol. The van der Waals surface area contributed by atoms with E-state index < -0.39 is 0 Å². The SMILES string of the molecule is C#Cc1ccc2nc1/C=C\N=C(C)NN2. The van der Waals surface area contributed by atoms with Gasteiger partial charge in [0.1, 0.15) is 11.7 Å². The van der Waals surface area contributed by atoms with Crippen LogP contribution in [0.25, 0.3) is 6.08 Å². The number of fused-ring (bicyclic) bond motifs is 2. The molecular formula is C11H10N4. The zero-order chi connectivity index (χ0) is 10.7. The number of hydrogen-bond acceptors (Lipinski definition) is 4. The highest BCUT2D eigenvalue weighted by molar-refractivity contribution is 5.82. The molecule has 1 aliphatic rings. The van der Waals surface area contributed by atoms with Gasteiger partial charge >= 0.3 is 0 Å². The molecule has 0 fully saturated rings. The Morgan fingerprint density at radius 2 is 2.20 bits per heavy atom. The quantitative estimate of drug-likeness (QED) is 0.619. The molecule has 0 saturated carbocycles. The van der Waals surface area contributed by atoms with E-state index in [1.54, 1.807) is 12.3 Å². The van der Waals surface area contributed by atoms with Crippen molar-refractivity contribution in [3.8, 4) is 12.3 Å². The zero-order valence-electron chi connectivity index (χ0n) is 8.28. The summed E-state index contributed by atoms with van der Waals surface area (Å²) in [5.41, 5.74) is 7.33. The molecule has 2 rings (SSSR count). The van der Waals surface area contributed by atoms with Crippen molar-refractivity contribution in [3.63, 3.8) is 0 Å². The van der Waals surface area contributed by atoms with Crippen LogP contribution < -0.4 is 10.9 Å². The van der Waals surface area contributed by atoms with Crippen molar-refractivity contribution in [2.24, 2.45) is 4.99 Å². The van der Waals surface area contributed by atoms with Crippen molar-refractivity contribution >= 4 is 17.7 Å². The Hall–Kier alpha value is -2.28. The highest BCUT2D eigenvalue weighted by atomic mass is 15.4. The van der Waals surface area contributed by atoms with Crippen LogP contribution >= 0.6 is 0 Å². The molecular weight excluding hydrogens is 188 g/mol. The average molecular weight is 198 g/mol. The summed E-state index contributed by atoms with van der Waals surface area (Å²) in [5.74, 6) is 4.05. The summed E-state index contributed by atoms with van der Waals surface area (Å²) in [7, 11) is 0. The first-order valence-corrected chi connectivity index (χ1v) is 4.50. The van der Waals surface area contributed by atoms with Crippen molar-refractivity contribution in [2.75, 3.05) is 5.43 Å². The summed E-state index contributed by atoms with van der Waals surface area (Å²) < 4.78 is 0. The number of nitrogens with zero attached hydrogens (tertiary/aromatic N) is 2. The normalized spacial score (nSPS) is 15.6. The Morgan fingerprint density at radius 3 is 3.00 bits per heavy atom. The lowest BCUT2D eigenvalue weighted by molar-refractivity contribution is 1.07. The molecule has 4 nitrogen and oxygen atoms in total. The summed E-state index contributed by atoms with van der Waals surface area (Å²) >= 11 is 0. The number of rotatable bonds is 0. The van der Waals surface area contributed by atoms with Crippen LogP contribution in [0.2, 0.25) is 0 Å². The summed E-state index contributed by atoms with van der Waals surface area (Å²) in [5, 5.41) is 0. The standard InChI is InChI=1S/C11H10N4/c1-3-9-4-5-11-13-10(9)6-7-12-8(2)14-15-11/h1,4-7H,2H3,(H,12,14)(H,13,15)/b7-6-. The van der Waals surface area contributed by atoms with Gasteiger partial charge in [0, 0.05) is 6.20 Å². The van der Waals surface area contributed by atoms with Crippen LogP contribution in [0.1, 0.15) is 18.2 Å². The molecule has 1 aromatic rings. The molecule has 74 valence electrons. The van der Waals surface area contributed by atoms with Gasteiger partial charge in [-0.1, -0.05) is 5.92 Å². The molecule has 15 heavy (non-hydrogen) atoms. The van der Waals surface area contributed by atoms with E-state index in [9.17, 15) is 0 Å². The smallest absolute Gasteiger partial charge is 0.145 e. The van der Waals surface area contributed by atoms with E-state index in [-0.39, 0.29) is 0 Å². The largest absolute Gasteiger partial charge is 0.287 e. The highest BCUT2D eigenvalue weighted by Gasteiger charge is 2.02. The molecule has 0 spiro atoms. The van der Waals surface area contributed by atoms with Crippen LogP contribution in [0.3, 0.4) is 0 Å². The van der Waals surface area contributed by atoms with Gasteiger partial charge in [-0.3, -0.25) is 10.9 Å². The number of aliphatic imine (C=N–C) groups is 1. The maximum atomic E-state index is 5.36. The van der Waals surface area contributed by atoms with Crippen LogP contribution in [-0.4, -0.2) is 10.8 Å². The van der Waals surface area contributed by atoms with E-state index in [1.807, 2.05) is 19.1 Å². The van der Waals surface area contributed by atoms with Crippen molar-refractivity contribution in [2.45, 2.75) is 6.92 Å². The van der Waals surface area contributed by atoms with E-state index >= 15 is 0 Å². The summed E-state index contributed by atoms with van der Waals surface area (Å²) in [4.78, 5) is 8.45. The summed E-state index contributed by atoms with van der Waals surface area (Å²) in [6.07, 6.45) is 8.82. The highest BCUT2D eigenvalue weighted by Crippen LogP contribution is 2.12. The lowest BCUT2D eigenvalue weighted by Gasteiger charge is -2.07. The number of terminal acetylenes is 1. The van der Waals surface area contributed by atoms with Crippen molar-refractivity contribution in [1.29, 1.82) is 0 Å². The fourth-order valence-electron chi connectivity index (χ4n) is 1.20. The van der Waals surface area contributed by atoms with Gasteiger partial charge in [-0.05, 0) is 25.1 Å². The molecule has 0 aromatic carbocycles. The lowest BCUT2D eigenvalue weighted by Crippen LogP contribution is -2.27. The third-order valence-corrected chi connectivity index (χ3v) is 1.95. The first-order chi connectivity index (χ1) is 7.29. The second-order valence-corrected chi connectivity index (χ2v) is 3.05. The molecule has 2 heterocycles. The summed E-state index contributed by atoms with van der Waals surface area (Å²) in [6.45, 7) is 1.85. The molecule has 1 aromatic heterocycles. The van der Waals surface area contributed by atoms with Gasteiger partial charge in [-0.25, -0.2) is 9.98 Å². The van der Waals surface area contributed by atoms with Crippen LogP contribution in [0.4, 0.5) is 5.82 Å². The molecule has 0 saturated heterocycles. The van der Waals surface area contributed by atoms with Gasteiger partial charge < -0.3 is 0 Å². The molecule has 0 amide bonds. The van der Waals surface area contributed by atoms with Crippen molar-refractivity contribution in [1.82, 2.24) is 10.4 Å². The van der Waals surface area contributed by atoms with Crippen molar-refractivity contribution < 1.29 is 0 Å². The van der Waals surface area contributed by atoms with Gasteiger partial charge in [0.05, 0.1) is 11.3 Å². The first-order valence-electron chi connectivity index (χ1n) is 4.50. The molecule has 0 radical (unpaired) electrons. The second-order valence-electron chi connectivity index (χ2n) is 3.05. The Labute approximate surface area is 88.1 Å². The number of hydrogen-bond donors (Lipinski definition) is 2. The van der Waals surface area contributed by atoms with Gasteiger partial charge in [-0.2, -0.15) is 0 Å². The zero-order valence-corrected chi connectivity index (χ0v) is 8.28. The fourth-order valence-corrected chi connectivity index (χ4v) is 1.20. The number of anilines is 1. The Bertz CT molecular complexity index is 480. The van der Waals surface area contributed by atoms with Crippen LogP contribution in [-0.2, 0) is 0 Å². The number of aromatic nitrogens is 1. The van der Waals surface area contributed by atoms with Gasteiger partial charge in [-0.15, -0.1) is 6.42 Å². The minimum Gasteiger partial charge on any atom is -0.287 e. The average Bonchev–Trinajstić information content (AvgIpc) is 2.32. The molecule has 4 heteroatoms. The molecule has 1 aliphatic heterocycles. The summed E-state index contributed by atoms with van der Waals surface area (Å²) in [6, 6.07) is 3.66. The second kappa shape index (κ2) is 3.84. The number of hydrazine groups is 1. The van der Waals surface area contributed by atoms with E-state index in [4.69, 9.17) is 6.42 Å². The number of pyridine rings is 1. The van der Waals surface area contributed by atoms with E-state index in [0.717, 1.165) is 17.1 Å². The molecule has 2 bridgehead atoms. The molecule has 0 atom stereocenters. The third-order valence-electron chi connectivity index (χ3n) is 1.95. The fraction of sp³-hybridized carbons (Fsp3) is 0.0909. The third kappa shape index (κ3) is 1.97. The van der Waals surface area contributed by atoms with E-state index in [1.165, 1.54) is 0 Å². The van der Waals surface area contributed by atoms with Crippen molar-refractivity contribution in [3.05, 3.63) is 29.6 Å². The molecule has 0 unspecified atom stereocenters. The molecule has 0 aliphatic carbocycles. The predicted octanol–water partition coefficient (Wildman–Crippen LogP) is 1.38. The maximum absolute atomic E-state index is 5.36. The minimum absolute atomic E-state index is 0.713. The molecule has 2 N–H and O–H groups in total.